The highest BCUT2D eigenvalue weighted by Gasteiger charge is 2.15. The lowest BCUT2D eigenvalue weighted by Gasteiger charge is -2.31. The molecule has 0 heterocycles. The Balaban J connectivity index is 3.98. The van der Waals surface area contributed by atoms with Crippen molar-refractivity contribution in [2.75, 3.05) is 19.6 Å². The van der Waals surface area contributed by atoms with Crippen molar-refractivity contribution in [1.82, 2.24) is 4.90 Å². The quantitative estimate of drug-likeness (QED) is 0.639. The van der Waals surface area contributed by atoms with Gasteiger partial charge >= 0.3 is 0 Å². The van der Waals surface area contributed by atoms with E-state index in [0.29, 0.717) is 6.04 Å². The Labute approximate surface area is 96.2 Å². The van der Waals surface area contributed by atoms with Gasteiger partial charge in [-0.1, -0.05) is 33.6 Å². The summed E-state index contributed by atoms with van der Waals surface area (Å²) < 4.78 is 0. The van der Waals surface area contributed by atoms with E-state index in [0.717, 1.165) is 18.9 Å². The van der Waals surface area contributed by atoms with Gasteiger partial charge in [-0.05, 0) is 38.8 Å². The van der Waals surface area contributed by atoms with Gasteiger partial charge < -0.3 is 10.6 Å². The molecule has 2 N–H and O–H groups in total. The molecule has 0 aliphatic rings. The zero-order valence-electron chi connectivity index (χ0n) is 11.1. The molecule has 1 atom stereocenters. The van der Waals surface area contributed by atoms with Crippen molar-refractivity contribution in [2.24, 2.45) is 11.7 Å². The molecule has 0 saturated carbocycles. The SMILES string of the molecule is CCC(CC)CN(CC)C(C)CCCN. The first kappa shape index (κ1) is 14.9. The van der Waals surface area contributed by atoms with Crippen molar-refractivity contribution < 1.29 is 0 Å². The maximum atomic E-state index is 5.55. The van der Waals surface area contributed by atoms with E-state index < -0.39 is 0 Å². The highest BCUT2D eigenvalue weighted by Crippen LogP contribution is 2.14. The van der Waals surface area contributed by atoms with Crippen LogP contribution in [0, 0.1) is 5.92 Å². The standard InChI is InChI=1S/C13H30N2/c1-5-13(6-2)11-15(7-3)12(4)9-8-10-14/h12-13H,5-11,14H2,1-4H3. The Kier molecular flexibility index (Phi) is 9.12. The zero-order chi connectivity index (χ0) is 11.7. The third-order valence-corrected chi connectivity index (χ3v) is 3.50. The molecule has 0 aliphatic heterocycles. The average molecular weight is 214 g/mol. The summed E-state index contributed by atoms with van der Waals surface area (Å²) in [5, 5.41) is 0. The monoisotopic (exact) mass is 214 g/mol. The minimum Gasteiger partial charge on any atom is -0.330 e. The van der Waals surface area contributed by atoms with E-state index >= 15 is 0 Å². The topological polar surface area (TPSA) is 29.3 Å². The van der Waals surface area contributed by atoms with Crippen LogP contribution >= 0.6 is 0 Å². The van der Waals surface area contributed by atoms with Crippen LogP contribution in [0.25, 0.3) is 0 Å². The van der Waals surface area contributed by atoms with Crippen LogP contribution in [0.2, 0.25) is 0 Å². The van der Waals surface area contributed by atoms with Crippen molar-refractivity contribution in [3.05, 3.63) is 0 Å². The molecular formula is C13H30N2. The van der Waals surface area contributed by atoms with Gasteiger partial charge in [-0.15, -0.1) is 0 Å². The van der Waals surface area contributed by atoms with Gasteiger partial charge in [0.1, 0.15) is 0 Å². The Morgan fingerprint density at radius 1 is 1.13 bits per heavy atom. The first-order chi connectivity index (χ1) is 7.19. The maximum absolute atomic E-state index is 5.55. The van der Waals surface area contributed by atoms with Crippen LogP contribution in [-0.2, 0) is 0 Å². The molecule has 0 aromatic rings. The minimum absolute atomic E-state index is 0.694. The molecule has 2 nitrogen and oxygen atoms in total. The van der Waals surface area contributed by atoms with Crippen LogP contribution in [0.15, 0.2) is 0 Å². The highest BCUT2D eigenvalue weighted by molar-refractivity contribution is 4.69. The van der Waals surface area contributed by atoms with Crippen LogP contribution in [0.5, 0.6) is 0 Å². The summed E-state index contributed by atoms with van der Waals surface area (Å²) in [4.78, 5) is 2.60. The number of nitrogens with two attached hydrogens (primary N) is 1. The van der Waals surface area contributed by atoms with Gasteiger partial charge in [-0.25, -0.2) is 0 Å². The largest absolute Gasteiger partial charge is 0.330 e. The fourth-order valence-electron chi connectivity index (χ4n) is 2.10. The molecule has 0 fully saturated rings. The van der Waals surface area contributed by atoms with E-state index in [1.807, 2.05) is 0 Å². The van der Waals surface area contributed by atoms with E-state index in [9.17, 15) is 0 Å². The molecule has 0 bridgehead atoms. The summed E-state index contributed by atoms with van der Waals surface area (Å²) in [5.74, 6) is 0.866. The van der Waals surface area contributed by atoms with Crippen LogP contribution in [0.1, 0.15) is 53.4 Å². The van der Waals surface area contributed by atoms with E-state index in [4.69, 9.17) is 5.73 Å². The summed E-state index contributed by atoms with van der Waals surface area (Å²) in [7, 11) is 0. The summed E-state index contributed by atoms with van der Waals surface area (Å²) in [6.45, 7) is 12.5. The Morgan fingerprint density at radius 3 is 2.13 bits per heavy atom. The number of nitrogens with zero attached hydrogens (tertiary/aromatic N) is 1. The Hall–Kier alpha value is -0.0800. The summed E-state index contributed by atoms with van der Waals surface area (Å²) in [6, 6.07) is 0.694. The molecule has 0 saturated heterocycles. The average Bonchev–Trinajstić information content (AvgIpc) is 2.27. The molecule has 0 rings (SSSR count). The predicted molar refractivity (Wildman–Crippen MR) is 69.1 cm³/mol. The lowest BCUT2D eigenvalue weighted by molar-refractivity contribution is 0.172. The smallest absolute Gasteiger partial charge is 0.00673 e. The molecule has 15 heavy (non-hydrogen) atoms. The van der Waals surface area contributed by atoms with Crippen LogP contribution in [0.4, 0.5) is 0 Å². The second kappa shape index (κ2) is 9.17. The summed E-state index contributed by atoms with van der Waals surface area (Å²) >= 11 is 0. The van der Waals surface area contributed by atoms with Crippen LogP contribution < -0.4 is 5.73 Å². The van der Waals surface area contributed by atoms with Gasteiger partial charge in [0.25, 0.3) is 0 Å². The molecule has 0 aromatic heterocycles. The lowest BCUT2D eigenvalue weighted by atomic mass is 10.0. The third kappa shape index (κ3) is 6.16. The molecule has 0 amide bonds. The second-order valence-corrected chi connectivity index (χ2v) is 4.55. The zero-order valence-corrected chi connectivity index (χ0v) is 11.1. The van der Waals surface area contributed by atoms with E-state index in [-0.39, 0.29) is 0 Å². The van der Waals surface area contributed by atoms with Crippen LogP contribution in [-0.4, -0.2) is 30.6 Å². The van der Waals surface area contributed by atoms with Gasteiger partial charge in [0.15, 0.2) is 0 Å². The molecule has 2 heteroatoms. The highest BCUT2D eigenvalue weighted by atomic mass is 15.1. The maximum Gasteiger partial charge on any atom is 0.00673 e. The Bertz CT molecular complexity index is 132. The van der Waals surface area contributed by atoms with Crippen molar-refractivity contribution in [1.29, 1.82) is 0 Å². The van der Waals surface area contributed by atoms with E-state index in [2.05, 4.69) is 32.6 Å². The second-order valence-electron chi connectivity index (χ2n) is 4.55. The number of rotatable bonds is 9. The van der Waals surface area contributed by atoms with Gasteiger partial charge in [0, 0.05) is 12.6 Å². The molecule has 92 valence electrons. The van der Waals surface area contributed by atoms with Crippen molar-refractivity contribution >= 4 is 0 Å². The van der Waals surface area contributed by atoms with Crippen LogP contribution in [0.3, 0.4) is 0 Å². The molecule has 0 spiro atoms. The van der Waals surface area contributed by atoms with E-state index in [1.165, 1.54) is 32.4 Å². The van der Waals surface area contributed by atoms with Crippen molar-refractivity contribution in [2.45, 2.75) is 59.4 Å². The number of hydrogen-bond donors (Lipinski definition) is 1. The molecule has 1 unspecified atom stereocenters. The normalized spacial score (nSPS) is 13.8. The molecular weight excluding hydrogens is 184 g/mol. The third-order valence-electron chi connectivity index (χ3n) is 3.50. The molecule has 0 radical (unpaired) electrons. The van der Waals surface area contributed by atoms with Gasteiger partial charge in [-0.3, -0.25) is 0 Å². The van der Waals surface area contributed by atoms with Gasteiger partial charge in [0.05, 0.1) is 0 Å². The fraction of sp³-hybridized carbons (Fsp3) is 1.00. The molecule has 0 aromatic carbocycles. The molecule has 0 aliphatic carbocycles. The van der Waals surface area contributed by atoms with Gasteiger partial charge in [0.2, 0.25) is 0 Å². The predicted octanol–water partition coefficient (Wildman–Crippen LogP) is 2.87. The number of hydrogen-bond acceptors (Lipinski definition) is 2. The first-order valence-electron chi connectivity index (χ1n) is 6.63. The van der Waals surface area contributed by atoms with E-state index in [1.54, 1.807) is 0 Å². The first-order valence-corrected chi connectivity index (χ1v) is 6.63. The summed E-state index contributed by atoms with van der Waals surface area (Å²) in [5.41, 5.74) is 5.55. The summed E-state index contributed by atoms with van der Waals surface area (Å²) in [6.07, 6.45) is 5.00. The van der Waals surface area contributed by atoms with Gasteiger partial charge in [-0.2, -0.15) is 0 Å². The van der Waals surface area contributed by atoms with Crippen molar-refractivity contribution in [3.63, 3.8) is 0 Å². The lowest BCUT2D eigenvalue weighted by Crippen LogP contribution is -2.37. The minimum atomic E-state index is 0.694. The van der Waals surface area contributed by atoms with Crippen molar-refractivity contribution in [3.8, 4) is 0 Å². The fourth-order valence-corrected chi connectivity index (χ4v) is 2.10. The Morgan fingerprint density at radius 2 is 1.73 bits per heavy atom.